The Hall–Kier alpha value is -1.64. The van der Waals surface area contributed by atoms with Crippen molar-refractivity contribution >= 4 is 29.3 Å². The van der Waals surface area contributed by atoms with Gasteiger partial charge in [0.05, 0.1) is 11.3 Å². The number of hydrogen-bond acceptors (Lipinski definition) is 3. The molecule has 0 heterocycles. The van der Waals surface area contributed by atoms with E-state index in [1.165, 1.54) is 18.2 Å². The standard InChI is InChI=1S/C9H6ClNO3/c1-5-2-6(10)3-7(9(13)14)8(5)11-4-12/h2-3H,1H3,(H,13,14). The molecule has 0 aliphatic carbocycles. The van der Waals surface area contributed by atoms with E-state index in [2.05, 4.69) is 4.99 Å². The molecule has 1 rings (SSSR count). The van der Waals surface area contributed by atoms with Crippen LogP contribution in [0.4, 0.5) is 5.69 Å². The molecule has 0 atom stereocenters. The SMILES string of the molecule is Cc1cc(Cl)cc(C(=O)O)c1N=C=O. The number of aromatic carboxylic acids is 1. The molecule has 0 saturated carbocycles. The van der Waals surface area contributed by atoms with Crippen LogP contribution in [0, 0.1) is 6.92 Å². The van der Waals surface area contributed by atoms with Gasteiger partial charge in [-0.05, 0) is 24.6 Å². The molecule has 72 valence electrons. The van der Waals surface area contributed by atoms with Crippen molar-refractivity contribution in [1.29, 1.82) is 0 Å². The molecule has 0 aliphatic heterocycles. The second-order valence-electron chi connectivity index (χ2n) is 2.63. The number of isocyanates is 1. The van der Waals surface area contributed by atoms with Crippen molar-refractivity contribution in [2.45, 2.75) is 6.92 Å². The fraction of sp³-hybridized carbons (Fsp3) is 0.111. The number of aliphatic imine (C=N–C) groups is 1. The van der Waals surface area contributed by atoms with Crippen molar-refractivity contribution in [2.24, 2.45) is 4.99 Å². The highest BCUT2D eigenvalue weighted by molar-refractivity contribution is 6.31. The minimum absolute atomic E-state index is 0.0944. The summed E-state index contributed by atoms with van der Waals surface area (Å²) in [6, 6.07) is 2.78. The number of carboxylic acid groups (broad SMARTS) is 1. The predicted octanol–water partition coefficient (Wildman–Crippen LogP) is 2.31. The van der Waals surface area contributed by atoms with Gasteiger partial charge in [0.1, 0.15) is 0 Å². The summed E-state index contributed by atoms with van der Waals surface area (Å²) in [5, 5.41) is 9.09. The van der Waals surface area contributed by atoms with E-state index in [1.807, 2.05) is 0 Å². The molecule has 14 heavy (non-hydrogen) atoms. The Balaban J connectivity index is 3.51. The van der Waals surface area contributed by atoms with Crippen molar-refractivity contribution in [2.75, 3.05) is 0 Å². The highest BCUT2D eigenvalue weighted by Crippen LogP contribution is 2.27. The van der Waals surface area contributed by atoms with E-state index < -0.39 is 5.97 Å². The van der Waals surface area contributed by atoms with E-state index in [-0.39, 0.29) is 11.3 Å². The largest absolute Gasteiger partial charge is 0.478 e. The van der Waals surface area contributed by atoms with Gasteiger partial charge in [-0.25, -0.2) is 9.59 Å². The molecule has 0 unspecified atom stereocenters. The molecule has 4 nitrogen and oxygen atoms in total. The second kappa shape index (κ2) is 4.05. The van der Waals surface area contributed by atoms with Gasteiger partial charge in [-0.1, -0.05) is 11.6 Å². The third-order valence-electron chi connectivity index (χ3n) is 1.65. The molecule has 1 N–H and O–H groups in total. The molecule has 0 saturated heterocycles. The predicted molar refractivity (Wildman–Crippen MR) is 50.9 cm³/mol. The molecule has 0 fully saturated rings. The fourth-order valence-corrected chi connectivity index (χ4v) is 1.37. The van der Waals surface area contributed by atoms with Crippen molar-refractivity contribution in [1.82, 2.24) is 0 Å². The Bertz CT molecular complexity index is 436. The van der Waals surface area contributed by atoms with E-state index in [0.717, 1.165) is 0 Å². The first-order valence-corrected chi connectivity index (χ1v) is 4.05. The molecule has 0 bridgehead atoms. The Morgan fingerprint density at radius 3 is 2.71 bits per heavy atom. The molecule has 0 radical (unpaired) electrons. The summed E-state index contributed by atoms with van der Waals surface area (Å²) in [6.07, 6.45) is 1.31. The molecular formula is C9H6ClNO3. The summed E-state index contributed by atoms with van der Waals surface area (Å²) < 4.78 is 0. The lowest BCUT2D eigenvalue weighted by molar-refractivity contribution is 0.0698. The van der Waals surface area contributed by atoms with Crippen LogP contribution in [-0.2, 0) is 4.79 Å². The maximum atomic E-state index is 10.8. The normalized spacial score (nSPS) is 9.29. The zero-order chi connectivity index (χ0) is 10.7. The summed E-state index contributed by atoms with van der Waals surface area (Å²) in [5.74, 6) is -1.18. The number of carbonyl (C=O) groups is 1. The van der Waals surface area contributed by atoms with Crippen LogP contribution >= 0.6 is 11.6 Å². The Kier molecular flexibility index (Phi) is 3.02. The van der Waals surface area contributed by atoms with E-state index in [0.29, 0.717) is 10.6 Å². The van der Waals surface area contributed by atoms with E-state index in [9.17, 15) is 9.59 Å². The zero-order valence-electron chi connectivity index (χ0n) is 7.24. The quantitative estimate of drug-likeness (QED) is 0.603. The van der Waals surface area contributed by atoms with Crippen molar-refractivity contribution in [3.63, 3.8) is 0 Å². The minimum atomic E-state index is -1.18. The van der Waals surface area contributed by atoms with Gasteiger partial charge in [0, 0.05) is 5.02 Å². The summed E-state index contributed by atoms with van der Waals surface area (Å²) in [6.45, 7) is 1.62. The summed E-state index contributed by atoms with van der Waals surface area (Å²) in [4.78, 5) is 24.1. The van der Waals surface area contributed by atoms with Crippen LogP contribution in [0.2, 0.25) is 5.02 Å². The van der Waals surface area contributed by atoms with Gasteiger partial charge in [0.25, 0.3) is 0 Å². The van der Waals surface area contributed by atoms with Gasteiger partial charge in [-0.2, -0.15) is 4.99 Å². The van der Waals surface area contributed by atoms with Crippen molar-refractivity contribution in [3.05, 3.63) is 28.3 Å². The van der Waals surface area contributed by atoms with E-state index >= 15 is 0 Å². The molecule has 5 heteroatoms. The maximum absolute atomic E-state index is 10.8. The number of aryl methyl sites for hydroxylation is 1. The molecule has 1 aromatic rings. The number of carboxylic acids is 1. The second-order valence-corrected chi connectivity index (χ2v) is 3.06. The monoisotopic (exact) mass is 211 g/mol. The molecular weight excluding hydrogens is 206 g/mol. The molecule has 0 amide bonds. The topological polar surface area (TPSA) is 66.7 Å². The van der Waals surface area contributed by atoms with Gasteiger partial charge in [0.15, 0.2) is 0 Å². The minimum Gasteiger partial charge on any atom is -0.478 e. The van der Waals surface area contributed by atoms with Crippen LogP contribution < -0.4 is 0 Å². The third-order valence-corrected chi connectivity index (χ3v) is 1.87. The highest BCUT2D eigenvalue weighted by Gasteiger charge is 2.13. The number of nitrogens with zero attached hydrogens (tertiary/aromatic N) is 1. The summed E-state index contributed by atoms with van der Waals surface area (Å²) in [7, 11) is 0. The van der Waals surface area contributed by atoms with Gasteiger partial charge in [-0.3, -0.25) is 0 Å². The van der Waals surface area contributed by atoms with Crippen molar-refractivity contribution in [3.8, 4) is 0 Å². The molecule has 1 aromatic carbocycles. The van der Waals surface area contributed by atoms with Crippen LogP contribution in [0.1, 0.15) is 15.9 Å². The first kappa shape index (κ1) is 10.4. The number of carbonyl (C=O) groups excluding carboxylic acids is 1. The third kappa shape index (κ3) is 1.99. The van der Waals surface area contributed by atoms with Crippen LogP contribution in [-0.4, -0.2) is 17.2 Å². The maximum Gasteiger partial charge on any atom is 0.337 e. The summed E-state index contributed by atoms with van der Waals surface area (Å²) in [5.41, 5.74) is 0.522. The van der Waals surface area contributed by atoms with Crippen molar-refractivity contribution < 1.29 is 14.7 Å². The van der Waals surface area contributed by atoms with Gasteiger partial charge in [-0.15, -0.1) is 0 Å². The van der Waals surface area contributed by atoms with Gasteiger partial charge >= 0.3 is 5.97 Å². The average Bonchev–Trinajstić information content (AvgIpc) is 2.09. The first-order chi connectivity index (χ1) is 6.56. The van der Waals surface area contributed by atoms with Crippen LogP contribution in [0.25, 0.3) is 0 Å². The van der Waals surface area contributed by atoms with E-state index in [4.69, 9.17) is 16.7 Å². The van der Waals surface area contributed by atoms with E-state index in [1.54, 1.807) is 6.92 Å². The Morgan fingerprint density at radius 2 is 2.21 bits per heavy atom. The lowest BCUT2D eigenvalue weighted by Gasteiger charge is -2.03. The highest BCUT2D eigenvalue weighted by atomic mass is 35.5. The lowest BCUT2D eigenvalue weighted by Crippen LogP contribution is -1.98. The fourth-order valence-electron chi connectivity index (χ4n) is 1.09. The van der Waals surface area contributed by atoms with Gasteiger partial charge < -0.3 is 5.11 Å². The molecule has 0 aliphatic rings. The molecule has 0 aromatic heterocycles. The van der Waals surface area contributed by atoms with Gasteiger partial charge in [0.2, 0.25) is 6.08 Å². The number of rotatable bonds is 2. The number of hydrogen-bond donors (Lipinski definition) is 1. The summed E-state index contributed by atoms with van der Waals surface area (Å²) >= 11 is 5.66. The van der Waals surface area contributed by atoms with Crippen LogP contribution in [0.15, 0.2) is 17.1 Å². The molecule has 0 spiro atoms. The number of benzene rings is 1. The smallest absolute Gasteiger partial charge is 0.337 e. The number of halogens is 1. The average molecular weight is 212 g/mol. The first-order valence-electron chi connectivity index (χ1n) is 3.67. The Morgan fingerprint density at radius 1 is 1.57 bits per heavy atom. The van der Waals surface area contributed by atoms with Crippen LogP contribution in [0.3, 0.4) is 0 Å². The zero-order valence-corrected chi connectivity index (χ0v) is 8.00. The van der Waals surface area contributed by atoms with Crippen LogP contribution in [0.5, 0.6) is 0 Å². The lowest BCUT2D eigenvalue weighted by atomic mass is 10.1. The Labute approximate surface area is 84.8 Å².